The standard InChI is InChI=1S/C15H22/c1-11(15(2,3)4)13-6-5-7-14(10-13)12-8-9-12/h5-7,10-12H,8-9H2,1-4H3. The number of benzene rings is 1. The number of rotatable bonds is 2. The highest BCUT2D eigenvalue weighted by Gasteiger charge is 2.26. The topological polar surface area (TPSA) is 0 Å². The summed E-state index contributed by atoms with van der Waals surface area (Å²) in [6.45, 7) is 9.30. The second-order valence-corrected chi connectivity index (χ2v) is 6.03. The molecular formula is C15H22. The largest absolute Gasteiger partial charge is 0.0617 e. The van der Waals surface area contributed by atoms with Crippen LogP contribution < -0.4 is 0 Å². The number of hydrogen-bond acceptors (Lipinski definition) is 0. The van der Waals surface area contributed by atoms with Crippen molar-refractivity contribution in [3.05, 3.63) is 35.4 Å². The Morgan fingerprint density at radius 2 is 1.87 bits per heavy atom. The van der Waals surface area contributed by atoms with E-state index in [1.165, 1.54) is 18.4 Å². The minimum Gasteiger partial charge on any atom is -0.0617 e. The van der Waals surface area contributed by atoms with Gasteiger partial charge < -0.3 is 0 Å². The fraction of sp³-hybridized carbons (Fsp3) is 0.600. The third kappa shape index (κ3) is 2.42. The fourth-order valence-electron chi connectivity index (χ4n) is 2.00. The van der Waals surface area contributed by atoms with Crippen LogP contribution in [0.1, 0.15) is 63.5 Å². The first-order valence-electron chi connectivity index (χ1n) is 6.08. The summed E-state index contributed by atoms with van der Waals surface area (Å²) in [5, 5.41) is 0. The lowest BCUT2D eigenvalue weighted by atomic mass is 9.77. The zero-order valence-electron chi connectivity index (χ0n) is 10.4. The van der Waals surface area contributed by atoms with Crippen molar-refractivity contribution in [1.29, 1.82) is 0 Å². The Balaban J connectivity index is 2.24. The molecule has 2 rings (SSSR count). The normalized spacial score (nSPS) is 18.9. The first-order chi connectivity index (χ1) is 6.98. The predicted octanol–water partition coefficient (Wildman–Crippen LogP) is 4.71. The first kappa shape index (κ1) is 10.7. The van der Waals surface area contributed by atoms with Crippen molar-refractivity contribution in [3.8, 4) is 0 Å². The van der Waals surface area contributed by atoms with E-state index in [4.69, 9.17) is 0 Å². The molecule has 1 aromatic rings. The van der Waals surface area contributed by atoms with Crippen LogP contribution in [0.15, 0.2) is 24.3 Å². The summed E-state index contributed by atoms with van der Waals surface area (Å²) in [4.78, 5) is 0. The van der Waals surface area contributed by atoms with Gasteiger partial charge in [0.2, 0.25) is 0 Å². The molecule has 1 fully saturated rings. The van der Waals surface area contributed by atoms with Crippen molar-refractivity contribution >= 4 is 0 Å². The molecule has 0 amide bonds. The predicted molar refractivity (Wildman–Crippen MR) is 66.3 cm³/mol. The van der Waals surface area contributed by atoms with Gasteiger partial charge in [-0.15, -0.1) is 0 Å². The molecule has 1 unspecified atom stereocenters. The van der Waals surface area contributed by atoms with E-state index in [2.05, 4.69) is 52.0 Å². The van der Waals surface area contributed by atoms with Gasteiger partial charge in [-0.25, -0.2) is 0 Å². The van der Waals surface area contributed by atoms with E-state index in [1.54, 1.807) is 5.56 Å². The molecule has 1 aliphatic rings. The molecule has 82 valence electrons. The maximum absolute atomic E-state index is 2.42. The Hall–Kier alpha value is -0.780. The fourth-order valence-corrected chi connectivity index (χ4v) is 2.00. The van der Waals surface area contributed by atoms with E-state index < -0.39 is 0 Å². The minimum atomic E-state index is 0.363. The Labute approximate surface area is 93.7 Å². The van der Waals surface area contributed by atoms with Gasteiger partial charge in [0, 0.05) is 0 Å². The van der Waals surface area contributed by atoms with Gasteiger partial charge in [0.1, 0.15) is 0 Å². The van der Waals surface area contributed by atoms with Gasteiger partial charge in [0.15, 0.2) is 0 Å². The average Bonchev–Trinajstić information content (AvgIpc) is 2.98. The van der Waals surface area contributed by atoms with Gasteiger partial charge in [0.25, 0.3) is 0 Å². The summed E-state index contributed by atoms with van der Waals surface area (Å²) in [7, 11) is 0. The molecule has 0 heterocycles. The molecule has 0 saturated heterocycles. The van der Waals surface area contributed by atoms with Crippen LogP contribution in [0.25, 0.3) is 0 Å². The van der Waals surface area contributed by atoms with E-state index in [0.29, 0.717) is 11.3 Å². The average molecular weight is 202 g/mol. The maximum Gasteiger partial charge on any atom is -0.0142 e. The van der Waals surface area contributed by atoms with Crippen molar-refractivity contribution in [2.24, 2.45) is 5.41 Å². The molecule has 0 spiro atoms. The van der Waals surface area contributed by atoms with Crippen LogP contribution in [0.5, 0.6) is 0 Å². The Bertz CT molecular complexity index is 339. The first-order valence-corrected chi connectivity index (χ1v) is 6.08. The van der Waals surface area contributed by atoms with Crippen LogP contribution in [0, 0.1) is 5.41 Å². The molecule has 1 saturated carbocycles. The third-order valence-electron chi connectivity index (χ3n) is 3.76. The van der Waals surface area contributed by atoms with Gasteiger partial charge in [-0.2, -0.15) is 0 Å². The molecular weight excluding hydrogens is 180 g/mol. The van der Waals surface area contributed by atoms with E-state index in [-0.39, 0.29) is 0 Å². The molecule has 0 nitrogen and oxygen atoms in total. The zero-order valence-corrected chi connectivity index (χ0v) is 10.4. The highest BCUT2D eigenvalue weighted by Crippen LogP contribution is 2.42. The summed E-state index contributed by atoms with van der Waals surface area (Å²) in [6.07, 6.45) is 2.79. The molecule has 0 bridgehead atoms. The van der Waals surface area contributed by atoms with Crippen molar-refractivity contribution in [2.75, 3.05) is 0 Å². The molecule has 1 atom stereocenters. The molecule has 1 aliphatic carbocycles. The Morgan fingerprint density at radius 3 is 2.40 bits per heavy atom. The highest BCUT2D eigenvalue weighted by molar-refractivity contribution is 5.31. The van der Waals surface area contributed by atoms with E-state index in [1.807, 2.05) is 0 Å². The molecule has 0 radical (unpaired) electrons. The van der Waals surface area contributed by atoms with E-state index in [0.717, 1.165) is 5.92 Å². The van der Waals surface area contributed by atoms with Crippen LogP contribution in [0.3, 0.4) is 0 Å². The second-order valence-electron chi connectivity index (χ2n) is 6.03. The monoisotopic (exact) mass is 202 g/mol. The summed E-state index contributed by atoms with van der Waals surface area (Å²) in [6, 6.07) is 9.22. The SMILES string of the molecule is CC(c1cccc(C2CC2)c1)C(C)(C)C. The molecule has 15 heavy (non-hydrogen) atoms. The van der Waals surface area contributed by atoms with Gasteiger partial charge in [-0.05, 0) is 41.2 Å². The molecule has 1 aromatic carbocycles. The minimum absolute atomic E-state index is 0.363. The van der Waals surface area contributed by atoms with Crippen molar-refractivity contribution in [3.63, 3.8) is 0 Å². The van der Waals surface area contributed by atoms with Crippen LogP contribution >= 0.6 is 0 Å². The molecule has 0 N–H and O–H groups in total. The lowest BCUT2D eigenvalue weighted by Crippen LogP contribution is -2.15. The summed E-state index contributed by atoms with van der Waals surface area (Å²) in [5.74, 6) is 1.51. The molecule has 0 aliphatic heterocycles. The van der Waals surface area contributed by atoms with Gasteiger partial charge in [-0.1, -0.05) is 52.0 Å². The summed E-state index contributed by atoms with van der Waals surface area (Å²) >= 11 is 0. The lowest BCUT2D eigenvalue weighted by molar-refractivity contribution is 0.339. The van der Waals surface area contributed by atoms with E-state index >= 15 is 0 Å². The molecule has 0 heteroatoms. The van der Waals surface area contributed by atoms with Crippen molar-refractivity contribution in [1.82, 2.24) is 0 Å². The zero-order chi connectivity index (χ0) is 11.1. The van der Waals surface area contributed by atoms with Crippen LogP contribution in [-0.4, -0.2) is 0 Å². The van der Waals surface area contributed by atoms with Gasteiger partial charge in [0.05, 0.1) is 0 Å². The maximum atomic E-state index is 2.42. The number of hydrogen-bond donors (Lipinski definition) is 0. The lowest BCUT2D eigenvalue weighted by Gasteiger charge is -2.28. The van der Waals surface area contributed by atoms with Gasteiger partial charge >= 0.3 is 0 Å². The quantitative estimate of drug-likeness (QED) is 0.651. The van der Waals surface area contributed by atoms with Crippen LogP contribution in [-0.2, 0) is 0 Å². The third-order valence-corrected chi connectivity index (χ3v) is 3.76. The molecule has 0 aromatic heterocycles. The second kappa shape index (κ2) is 3.66. The summed E-state index contributed by atoms with van der Waals surface area (Å²) in [5.41, 5.74) is 3.43. The highest BCUT2D eigenvalue weighted by atomic mass is 14.3. The van der Waals surface area contributed by atoms with Crippen LogP contribution in [0.2, 0.25) is 0 Å². The van der Waals surface area contributed by atoms with Gasteiger partial charge in [-0.3, -0.25) is 0 Å². The Kier molecular flexibility index (Phi) is 2.62. The Morgan fingerprint density at radius 1 is 1.20 bits per heavy atom. The van der Waals surface area contributed by atoms with E-state index in [9.17, 15) is 0 Å². The van der Waals surface area contributed by atoms with Crippen molar-refractivity contribution in [2.45, 2.75) is 52.4 Å². The van der Waals surface area contributed by atoms with Crippen molar-refractivity contribution < 1.29 is 0 Å². The smallest absolute Gasteiger partial charge is 0.0142 e. The summed E-state index contributed by atoms with van der Waals surface area (Å²) < 4.78 is 0. The van der Waals surface area contributed by atoms with Crippen LogP contribution in [0.4, 0.5) is 0 Å².